The third kappa shape index (κ3) is 4.04. The van der Waals surface area contributed by atoms with Crippen LogP contribution in [0.15, 0.2) is 30.5 Å². The first-order valence-corrected chi connectivity index (χ1v) is 7.19. The molecule has 21 heavy (non-hydrogen) atoms. The monoisotopic (exact) mass is 288 g/mol. The number of ether oxygens (including phenoxy) is 1. The van der Waals surface area contributed by atoms with Crippen molar-refractivity contribution < 1.29 is 4.74 Å². The third-order valence-electron chi connectivity index (χ3n) is 3.43. The van der Waals surface area contributed by atoms with Gasteiger partial charge >= 0.3 is 0 Å². The lowest BCUT2D eigenvalue weighted by atomic mass is 10.1. The Labute approximate surface area is 126 Å². The maximum Gasteiger partial charge on any atom is 0.118 e. The molecule has 1 aromatic heterocycles. The van der Waals surface area contributed by atoms with Crippen molar-refractivity contribution in [3.05, 3.63) is 41.7 Å². The van der Waals surface area contributed by atoms with E-state index in [1.54, 1.807) is 7.11 Å². The third-order valence-corrected chi connectivity index (χ3v) is 3.43. The normalized spacial score (nSPS) is 13.2. The molecular weight excluding hydrogens is 264 g/mol. The Morgan fingerprint density at radius 1 is 1.24 bits per heavy atom. The first-order chi connectivity index (χ1) is 9.90. The number of nitrogens with zero attached hydrogens (tertiary/aromatic N) is 3. The summed E-state index contributed by atoms with van der Waals surface area (Å²) in [7, 11) is 1.68. The summed E-state index contributed by atoms with van der Waals surface area (Å²) < 4.78 is 7.06. The quantitative estimate of drug-likeness (QED) is 0.919. The Bertz CT molecular complexity index is 569. The van der Waals surface area contributed by atoms with Gasteiger partial charge in [-0.1, -0.05) is 17.3 Å². The van der Waals surface area contributed by atoms with Crippen molar-refractivity contribution in [1.29, 1.82) is 0 Å². The van der Waals surface area contributed by atoms with Crippen LogP contribution in [0.3, 0.4) is 0 Å². The highest BCUT2D eigenvalue weighted by Crippen LogP contribution is 2.18. The molecule has 1 aromatic carbocycles. The molecule has 0 aliphatic heterocycles. The standard InChI is InChI=1S/C16H24N4O/c1-12(13-6-8-15(21-5)9-7-13)17-10-14-11-20(19-18-14)16(2,3)4/h6-9,11-12,17H,10H2,1-5H3/t12-/m0/s1. The van der Waals surface area contributed by atoms with Crippen LogP contribution < -0.4 is 10.1 Å². The lowest BCUT2D eigenvalue weighted by molar-refractivity contribution is 0.347. The van der Waals surface area contributed by atoms with Gasteiger partial charge in [0.15, 0.2) is 0 Å². The molecule has 0 bridgehead atoms. The van der Waals surface area contributed by atoms with Crippen molar-refractivity contribution in [2.24, 2.45) is 0 Å². The molecule has 0 fully saturated rings. The topological polar surface area (TPSA) is 52.0 Å². The molecule has 114 valence electrons. The van der Waals surface area contributed by atoms with Gasteiger partial charge in [-0.2, -0.15) is 0 Å². The number of aromatic nitrogens is 3. The second-order valence-electron chi connectivity index (χ2n) is 6.20. The van der Waals surface area contributed by atoms with E-state index in [1.807, 2.05) is 23.0 Å². The van der Waals surface area contributed by atoms with Crippen LogP contribution in [0, 0.1) is 0 Å². The van der Waals surface area contributed by atoms with Gasteiger partial charge in [0.05, 0.1) is 24.5 Å². The van der Waals surface area contributed by atoms with E-state index in [2.05, 4.69) is 55.5 Å². The maximum absolute atomic E-state index is 5.17. The second kappa shape index (κ2) is 6.26. The smallest absolute Gasteiger partial charge is 0.118 e. The van der Waals surface area contributed by atoms with Crippen molar-refractivity contribution in [3.63, 3.8) is 0 Å². The predicted molar refractivity (Wildman–Crippen MR) is 83.3 cm³/mol. The molecule has 0 spiro atoms. The SMILES string of the molecule is COc1ccc([C@H](C)NCc2cn(C(C)(C)C)nn2)cc1. The van der Waals surface area contributed by atoms with Crippen molar-refractivity contribution in [3.8, 4) is 5.75 Å². The van der Waals surface area contributed by atoms with Crippen LogP contribution in [0.4, 0.5) is 0 Å². The molecular formula is C16H24N4O. The molecule has 1 N–H and O–H groups in total. The van der Waals surface area contributed by atoms with E-state index in [4.69, 9.17) is 4.74 Å². The highest BCUT2D eigenvalue weighted by molar-refractivity contribution is 5.28. The van der Waals surface area contributed by atoms with Gasteiger partial charge in [0.2, 0.25) is 0 Å². The zero-order valence-electron chi connectivity index (χ0n) is 13.4. The molecule has 1 heterocycles. The minimum atomic E-state index is -0.0349. The summed E-state index contributed by atoms with van der Waals surface area (Å²) in [4.78, 5) is 0. The molecule has 0 radical (unpaired) electrons. The first kappa shape index (κ1) is 15.5. The number of hydrogen-bond acceptors (Lipinski definition) is 4. The molecule has 0 saturated heterocycles. The molecule has 5 heteroatoms. The molecule has 0 amide bonds. The average molecular weight is 288 g/mol. The molecule has 2 rings (SSSR count). The van der Waals surface area contributed by atoms with Gasteiger partial charge in [0, 0.05) is 12.6 Å². The second-order valence-corrected chi connectivity index (χ2v) is 6.20. The Balaban J connectivity index is 1.94. The van der Waals surface area contributed by atoms with Crippen LogP contribution in [-0.4, -0.2) is 22.1 Å². The van der Waals surface area contributed by atoms with Crippen LogP contribution >= 0.6 is 0 Å². The molecule has 0 aliphatic carbocycles. The Morgan fingerprint density at radius 2 is 1.90 bits per heavy atom. The predicted octanol–water partition coefficient (Wildman–Crippen LogP) is 2.89. The van der Waals surface area contributed by atoms with E-state index >= 15 is 0 Å². The average Bonchev–Trinajstić information content (AvgIpc) is 2.94. The first-order valence-electron chi connectivity index (χ1n) is 7.19. The van der Waals surface area contributed by atoms with Gasteiger partial charge in [0.25, 0.3) is 0 Å². The van der Waals surface area contributed by atoms with Gasteiger partial charge < -0.3 is 10.1 Å². The molecule has 0 saturated carbocycles. The van der Waals surface area contributed by atoms with Gasteiger partial charge in [-0.3, -0.25) is 0 Å². The number of methoxy groups -OCH3 is 1. The molecule has 1 atom stereocenters. The fourth-order valence-corrected chi connectivity index (χ4v) is 1.98. The van der Waals surface area contributed by atoms with Crippen LogP contribution in [0.25, 0.3) is 0 Å². The van der Waals surface area contributed by atoms with Gasteiger partial charge in [-0.25, -0.2) is 4.68 Å². The fourth-order valence-electron chi connectivity index (χ4n) is 1.98. The summed E-state index contributed by atoms with van der Waals surface area (Å²) in [6, 6.07) is 8.34. The summed E-state index contributed by atoms with van der Waals surface area (Å²) >= 11 is 0. The van der Waals surface area contributed by atoms with Crippen LogP contribution in [0.5, 0.6) is 5.75 Å². The van der Waals surface area contributed by atoms with E-state index in [9.17, 15) is 0 Å². The largest absolute Gasteiger partial charge is 0.497 e. The van der Waals surface area contributed by atoms with Crippen molar-refractivity contribution in [2.45, 2.75) is 45.8 Å². The summed E-state index contributed by atoms with van der Waals surface area (Å²) in [6.45, 7) is 9.16. The minimum absolute atomic E-state index is 0.0349. The summed E-state index contributed by atoms with van der Waals surface area (Å²) in [5.41, 5.74) is 2.14. The van der Waals surface area contributed by atoms with Crippen molar-refractivity contribution >= 4 is 0 Å². The van der Waals surface area contributed by atoms with Crippen LogP contribution in [-0.2, 0) is 12.1 Å². The number of rotatable bonds is 5. The molecule has 5 nitrogen and oxygen atoms in total. The fraction of sp³-hybridized carbons (Fsp3) is 0.500. The summed E-state index contributed by atoms with van der Waals surface area (Å²) in [5.74, 6) is 0.874. The zero-order valence-corrected chi connectivity index (χ0v) is 13.4. The van der Waals surface area contributed by atoms with Crippen LogP contribution in [0.2, 0.25) is 0 Å². The van der Waals surface area contributed by atoms with E-state index in [0.29, 0.717) is 6.54 Å². The number of nitrogens with one attached hydrogen (secondary N) is 1. The zero-order chi connectivity index (χ0) is 15.5. The van der Waals surface area contributed by atoms with Crippen molar-refractivity contribution in [2.75, 3.05) is 7.11 Å². The Kier molecular flexibility index (Phi) is 4.63. The van der Waals surface area contributed by atoms with Gasteiger partial charge in [-0.05, 0) is 45.4 Å². The summed E-state index contributed by atoms with van der Waals surface area (Å²) in [6.07, 6.45) is 1.99. The minimum Gasteiger partial charge on any atom is -0.497 e. The lowest BCUT2D eigenvalue weighted by Gasteiger charge is -2.17. The van der Waals surface area contributed by atoms with E-state index < -0.39 is 0 Å². The number of benzene rings is 1. The summed E-state index contributed by atoms with van der Waals surface area (Å²) in [5, 5.41) is 11.8. The molecule has 0 unspecified atom stereocenters. The van der Waals surface area contributed by atoms with E-state index in [1.165, 1.54) is 5.56 Å². The Hall–Kier alpha value is -1.88. The Morgan fingerprint density at radius 3 is 2.43 bits per heavy atom. The molecule has 0 aliphatic rings. The van der Waals surface area contributed by atoms with Crippen LogP contribution in [0.1, 0.15) is 45.0 Å². The maximum atomic E-state index is 5.17. The highest BCUT2D eigenvalue weighted by Gasteiger charge is 2.15. The lowest BCUT2D eigenvalue weighted by Crippen LogP contribution is -2.22. The molecule has 2 aromatic rings. The van der Waals surface area contributed by atoms with Gasteiger partial charge in [0.1, 0.15) is 5.75 Å². The van der Waals surface area contributed by atoms with Gasteiger partial charge in [-0.15, -0.1) is 5.10 Å². The van der Waals surface area contributed by atoms with E-state index in [0.717, 1.165) is 11.4 Å². The van der Waals surface area contributed by atoms with E-state index in [-0.39, 0.29) is 11.6 Å². The highest BCUT2D eigenvalue weighted by atomic mass is 16.5. The van der Waals surface area contributed by atoms with Crippen molar-refractivity contribution in [1.82, 2.24) is 20.3 Å². The number of hydrogen-bond donors (Lipinski definition) is 1.